The van der Waals surface area contributed by atoms with Crippen molar-refractivity contribution in [3.63, 3.8) is 0 Å². The molecule has 0 radical (unpaired) electrons. The molecule has 2 nitrogen and oxygen atoms in total. The number of ketones is 1. The smallest absolute Gasteiger partial charge is 0.210 e. The average molecular weight is 285 g/mol. The van der Waals surface area contributed by atoms with Crippen molar-refractivity contribution in [2.24, 2.45) is 0 Å². The molecule has 0 N–H and O–H groups in total. The van der Waals surface area contributed by atoms with Crippen LogP contribution in [0.25, 0.3) is 16.3 Å². The molecule has 2 heterocycles. The molecule has 0 aliphatic carbocycles. The maximum Gasteiger partial charge on any atom is 0.210 e. The third-order valence-electron chi connectivity index (χ3n) is 4.14. The summed E-state index contributed by atoms with van der Waals surface area (Å²) in [5.74, 6) is 0.0578. The molecule has 0 fully saturated rings. The summed E-state index contributed by atoms with van der Waals surface area (Å²) in [7, 11) is 0. The van der Waals surface area contributed by atoms with Gasteiger partial charge in [-0.2, -0.15) is 0 Å². The van der Waals surface area contributed by atoms with Crippen molar-refractivity contribution in [1.82, 2.24) is 4.40 Å². The van der Waals surface area contributed by atoms with E-state index in [1.807, 2.05) is 65.2 Å². The highest BCUT2D eigenvalue weighted by atomic mass is 16.1. The molecular weight excluding hydrogens is 270 g/mol. The first-order valence-corrected chi connectivity index (χ1v) is 7.35. The van der Waals surface area contributed by atoms with Gasteiger partial charge in [0.15, 0.2) is 0 Å². The van der Waals surface area contributed by atoms with Crippen LogP contribution in [0, 0.1) is 6.92 Å². The van der Waals surface area contributed by atoms with Gasteiger partial charge in [0.1, 0.15) is 5.69 Å². The predicted molar refractivity (Wildman–Crippen MR) is 89.5 cm³/mol. The number of aromatic nitrogens is 1. The molecule has 4 aromatic rings. The molecule has 0 spiro atoms. The minimum absolute atomic E-state index is 0.0578. The van der Waals surface area contributed by atoms with E-state index in [-0.39, 0.29) is 5.78 Å². The Labute approximate surface area is 128 Å². The van der Waals surface area contributed by atoms with Crippen molar-refractivity contribution in [3.8, 4) is 0 Å². The highest BCUT2D eigenvalue weighted by molar-refractivity contribution is 6.19. The first-order chi connectivity index (χ1) is 10.8. The number of nitrogens with zero attached hydrogens (tertiary/aromatic N) is 1. The van der Waals surface area contributed by atoms with Gasteiger partial charge in [0.25, 0.3) is 0 Å². The third-order valence-corrected chi connectivity index (χ3v) is 4.14. The van der Waals surface area contributed by atoms with Gasteiger partial charge >= 0.3 is 0 Å². The van der Waals surface area contributed by atoms with Crippen LogP contribution in [0.3, 0.4) is 0 Å². The molecule has 0 unspecified atom stereocenters. The van der Waals surface area contributed by atoms with E-state index >= 15 is 0 Å². The summed E-state index contributed by atoms with van der Waals surface area (Å²) in [6, 6.07) is 21.6. The van der Waals surface area contributed by atoms with Gasteiger partial charge in [-0.05, 0) is 24.6 Å². The van der Waals surface area contributed by atoms with Crippen LogP contribution >= 0.6 is 0 Å². The number of aryl methyl sites for hydroxylation is 1. The molecule has 106 valence electrons. The molecule has 0 saturated heterocycles. The monoisotopic (exact) mass is 285 g/mol. The van der Waals surface area contributed by atoms with Crippen LogP contribution in [0.4, 0.5) is 0 Å². The van der Waals surface area contributed by atoms with Crippen LogP contribution in [0.5, 0.6) is 0 Å². The lowest BCUT2D eigenvalue weighted by atomic mass is 10.0. The lowest BCUT2D eigenvalue weighted by Gasteiger charge is -2.03. The van der Waals surface area contributed by atoms with Crippen molar-refractivity contribution in [3.05, 3.63) is 89.7 Å². The SMILES string of the molecule is Cc1cccc2c(C(=O)c3ccccc3)n3ccccc3c12. The Morgan fingerprint density at radius 2 is 1.64 bits per heavy atom. The number of hydrogen-bond donors (Lipinski definition) is 0. The fourth-order valence-corrected chi connectivity index (χ4v) is 3.13. The van der Waals surface area contributed by atoms with E-state index in [1.165, 1.54) is 5.56 Å². The summed E-state index contributed by atoms with van der Waals surface area (Å²) in [6.07, 6.45) is 1.96. The fourth-order valence-electron chi connectivity index (χ4n) is 3.13. The second kappa shape index (κ2) is 4.85. The first-order valence-electron chi connectivity index (χ1n) is 7.35. The molecule has 0 saturated carbocycles. The Morgan fingerprint density at radius 1 is 0.864 bits per heavy atom. The van der Waals surface area contributed by atoms with Gasteiger partial charge < -0.3 is 4.40 Å². The standard InChI is InChI=1S/C20H15NO/c1-14-8-7-11-16-18(14)17-12-5-6-13-21(17)19(16)20(22)15-9-3-2-4-10-15/h2-13H,1H3. The quantitative estimate of drug-likeness (QED) is 0.492. The normalized spacial score (nSPS) is 11.1. The molecule has 0 amide bonds. The van der Waals surface area contributed by atoms with Crippen LogP contribution in [-0.4, -0.2) is 10.2 Å². The van der Waals surface area contributed by atoms with Crippen LogP contribution in [0.1, 0.15) is 21.6 Å². The molecule has 0 bridgehead atoms. The molecular formula is C20H15NO. The van der Waals surface area contributed by atoms with Crippen molar-refractivity contribution in [1.29, 1.82) is 0 Å². The Bertz CT molecular complexity index is 996. The number of carbonyl (C=O) groups is 1. The third kappa shape index (κ3) is 1.77. The summed E-state index contributed by atoms with van der Waals surface area (Å²) in [5, 5.41) is 2.17. The molecule has 0 aliphatic rings. The second-order valence-electron chi connectivity index (χ2n) is 5.50. The van der Waals surface area contributed by atoms with Crippen molar-refractivity contribution in [2.75, 3.05) is 0 Å². The number of rotatable bonds is 2. The van der Waals surface area contributed by atoms with Gasteiger partial charge in [-0.3, -0.25) is 4.79 Å². The maximum atomic E-state index is 13.0. The van der Waals surface area contributed by atoms with Gasteiger partial charge in [-0.1, -0.05) is 54.6 Å². The van der Waals surface area contributed by atoms with Crippen LogP contribution in [0.2, 0.25) is 0 Å². The van der Waals surface area contributed by atoms with E-state index in [9.17, 15) is 4.79 Å². The Hall–Kier alpha value is -2.87. The molecule has 2 aromatic heterocycles. The van der Waals surface area contributed by atoms with Gasteiger partial charge in [-0.25, -0.2) is 0 Å². The van der Waals surface area contributed by atoms with Crippen molar-refractivity contribution >= 4 is 22.1 Å². The first kappa shape index (κ1) is 12.8. The average Bonchev–Trinajstić information content (AvgIpc) is 2.90. The Kier molecular flexibility index (Phi) is 2.83. The minimum atomic E-state index is 0.0578. The number of pyridine rings is 1. The highest BCUT2D eigenvalue weighted by Gasteiger charge is 2.19. The van der Waals surface area contributed by atoms with Crippen LogP contribution in [0.15, 0.2) is 72.9 Å². The number of benzene rings is 2. The zero-order chi connectivity index (χ0) is 15.1. The summed E-state index contributed by atoms with van der Waals surface area (Å²) in [4.78, 5) is 13.0. The predicted octanol–water partition coefficient (Wildman–Crippen LogP) is 4.63. The summed E-state index contributed by atoms with van der Waals surface area (Å²) in [5.41, 5.74) is 3.72. The zero-order valence-electron chi connectivity index (χ0n) is 12.3. The lowest BCUT2D eigenvalue weighted by Crippen LogP contribution is -2.05. The summed E-state index contributed by atoms with van der Waals surface area (Å²) >= 11 is 0. The second-order valence-corrected chi connectivity index (χ2v) is 5.50. The zero-order valence-corrected chi connectivity index (χ0v) is 12.3. The number of carbonyl (C=O) groups excluding carboxylic acids is 1. The van der Waals surface area contributed by atoms with Gasteiger partial charge in [0, 0.05) is 22.5 Å². The molecule has 2 aromatic carbocycles. The van der Waals surface area contributed by atoms with E-state index in [1.54, 1.807) is 0 Å². The van der Waals surface area contributed by atoms with E-state index in [0.717, 1.165) is 22.0 Å². The molecule has 0 aliphatic heterocycles. The topological polar surface area (TPSA) is 21.5 Å². The highest BCUT2D eigenvalue weighted by Crippen LogP contribution is 2.30. The van der Waals surface area contributed by atoms with E-state index < -0.39 is 0 Å². The fraction of sp³-hybridized carbons (Fsp3) is 0.0500. The molecule has 4 rings (SSSR count). The number of fused-ring (bicyclic) bond motifs is 3. The summed E-state index contributed by atoms with van der Waals surface area (Å²) < 4.78 is 2.01. The number of hydrogen-bond acceptors (Lipinski definition) is 1. The maximum absolute atomic E-state index is 13.0. The van der Waals surface area contributed by atoms with Crippen molar-refractivity contribution < 1.29 is 4.79 Å². The molecule has 2 heteroatoms. The Balaban J connectivity index is 2.12. The van der Waals surface area contributed by atoms with E-state index in [2.05, 4.69) is 19.1 Å². The Morgan fingerprint density at radius 3 is 2.45 bits per heavy atom. The minimum Gasteiger partial charge on any atom is -0.313 e. The largest absolute Gasteiger partial charge is 0.313 e. The van der Waals surface area contributed by atoms with E-state index in [0.29, 0.717) is 5.56 Å². The van der Waals surface area contributed by atoms with Crippen LogP contribution in [-0.2, 0) is 0 Å². The van der Waals surface area contributed by atoms with Gasteiger partial charge in [0.05, 0.1) is 5.52 Å². The lowest BCUT2D eigenvalue weighted by molar-refractivity contribution is 0.103. The van der Waals surface area contributed by atoms with E-state index in [4.69, 9.17) is 0 Å². The molecule has 0 atom stereocenters. The molecule has 22 heavy (non-hydrogen) atoms. The van der Waals surface area contributed by atoms with Gasteiger partial charge in [-0.15, -0.1) is 0 Å². The summed E-state index contributed by atoms with van der Waals surface area (Å²) in [6.45, 7) is 2.09. The van der Waals surface area contributed by atoms with Gasteiger partial charge in [0.2, 0.25) is 5.78 Å². The van der Waals surface area contributed by atoms with Crippen LogP contribution < -0.4 is 0 Å². The van der Waals surface area contributed by atoms with Crippen molar-refractivity contribution in [2.45, 2.75) is 6.92 Å².